The van der Waals surface area contributed by atoms with Crippen LogP contribution in [0.15, 0.2) is 61.1 Å². The van der Waals surface area contributed by atoms with Crippen LogP contribution in [0.4, 0.5) is 5.82 Å². The number of hydrogen-bond acceptors (Lipinski definition) is 4. The zero-order valence-corrected chi connectivity index (χ0v) is 17.9. The van der Waals surface area contributed by atoms with Crippen LogP contribution in [0.25, 0.3) is 5.69 Å². The number of anilines is 1. The van der Waals surface area contributed by atoms with Crippen LogP contribution in [0.1, 0.15) is 23.2 Å². The summed E-state index contributed by atoms with van der Waals surface area (Å²) in [6.07, 6.45) is 6.56. The van der Waals surface area contributed by atoms with E-state index in [0.717, 1.165) is 5.69 Å². The highest BCUT2D eigenvalue weighted by Crippen LogP contribution is 2.32. The summed E-state index contributed by atoms with van der Waals surface area (Å²) in [4.78, 5) is 31.6. The van der Waals surface area contributed by atoms with E-state index in [1.807, 2.05) is 35.2 Å². The lowest BCUT2D eigenvalue weighted by atomic mass is 9.95. The Morgan fingerprint density at radius 2 is 1.87 bits per heavy atom. The highest BCUT2D eigenvalue weighted by molar-refractivity contribution is 6.33. The van der Waals surface area contributed by atoms with Crippen molar-refractivity contribution in [3.05, 3.63) is 71.6 Å². The van der Waals surface area contributed by atoms with Gasteiger partial charge in [0.25, 0.3) is 5.91 Å². The first-order valence-corrected chi connectivity index (χ1v) is 10.5. The van der Waals surface area contributed by atoms with Crippen LogP contribution in [0.5, 0.6) is 5.75 Å². The number of piperidine rings is 1. The number of carbonyl (C=O) groups excluding carboxylic acids is 2. The molecule has 8 heteroatoms. The van der Waals surface area contributed by atoms with Gasteiger partial charge in [0.2, 0.25) is 5.91 Å². The molecule has 3 heterocycles. The summed E-state index contributed by atoms with van der Waals surface area (Å²) in [5.74, 6) is 0.623. The van der Waals surface area contributed by atoms with Gasteiger partial charge in [-0.15, -0.1) is 0 Å². The van der Waals surface area contributed by atoms with Gasteiger partial charge in [-0.25, -0.2) is 4.98 Å². The number of hydrogen-bond donors (Lipinski definition) is 1. The molecule has 160 valence electrons. The zero-order valence-electron chi connectivity index (χ0n) is 17.1. The molecule has 31 heavy (non-hydrogen) atoms. The van der Waals surface area contributed by atoms with Gasteiger partial charge in [-0.05, 0) is 43.2 Å². The number of carbonyl (C=O) groups is 2. The van der Waals surface area contributed by atoms with Gasteiger partial charge >= 0.3 is 0 Å². The summed E-state index contributed by atoms with van der Waals surface area (Å²) in [5.41, 5.74) is 1.16. The number of ether oxygens (including phenoxy) is 1. The SMILES string of the molecule is COc1cc(-n2cccc2)c(Cl)cc1C(=O)N1CCC(C(=O)Nc2ccccn2)CC1. The lowest BCUT2D eigenvalue weighted by Gasteiger charge is -2.31. The molecule has 0 unspecified atom stereocenters. The third kappa shape index (κ3) is 4.56. The highest BCUT2D eigenvalue weighted by atomic mass is 35.5. The zero-order chi connectivity index (χ0) is 21.8. The van der Waals surface area contributed by atoms with Crippen molar-refractivity contribution in [1.29, 1.82) is 0 Å². The minimum atomic E-state index is -0.160. The second-order valence-corrected chi connectivity index (χ2v) is 7.77. The fourth-order valence-electron chi connectivity index (χ4n) is 3.75. The second-order valence-electron chi connectivity index (χ2n) is 7.36. The van der Waals surface area contributed by atoms with Crippen molar-refractivity contribution < 1.29 is 14.3 Å². The molecule has 0 radical (unpaired) electrons. The first-order valence-electron chi connectivity index (χ1n) is 10.1. The van der Waals surface area contributed by atoms with Crippen LogP contribution in [0.3, 0.4) is 0 Å². The normalized spacial score (nSPS) is 14.3. The fraction of sp³-hybridized carbons (Fsp3) is 0.261. The number of pyridine rings is 1. The van der Waals surface area contributed by atoms with E-state index in [4.69, 9.17) is 16.3 Å². The van der Waals surface area contributed by atoms with Gasteiger partial charge in [0.05, 0.1) is 23.4 Å². The number of rotatable bonds is 5. The Labute approximate surface area is 185 Å². The molecule has 1 aliphatic rings. The van der Waals surface area contributed by atoms with Crippen molar-refractivity contribution in [2.75, 3.05) is 25.5 Å². The Kier molecular flexibility index (Phi) is 6.23. The number of benzene rings is 1. The van der Waals surface area contributed by atoms with E-state index in [9.17, 15) is 9.59 Å². The molecule has 0 spiro atoms. The molecule has 7 nitrogen and oxygen atoms in total. The molecule has 4 rings (SSSR count). The molecule has 1 N–H and O–H groups in total. The Hall–Kier alpha value is -3.32. The summed E-state index contributed by atoms with van der Waals surface area (Å²) in [7, 11) is 1.54. The number of aromatic nitrogens is 2. The van der Waals surface area contributed by atoms with Gasteiger partial charge in [-0.1, -0.05) is 17.7 Å². The number of likely N-dealkylation sites (tertiary alicyclic amines) is 1. The van der Waals surface area contributed by atoms with E-state index < -0.39 is 0 Å². The summed E-state index contributed by atoms with van der Waals surface area (Å²) in [6.45, 7) is 0.971. The predicted octanol–water partition coefficient (Wildman–Crippen LogP) is 4.03. The first kappa shape index (κ1) is 20.9. The number of amides is 2. The summed E-state index contributed by atoms with van der Waals surface area (Å²) < 4.78 is 7.35. The molecular formula is C23H23ClN4O3. The first-order chi connectivity index (χ1) is 15.1. The van der Waals surface area contributed by atoms with Crippen LogP contribution in [-0.2, 0) is 4.79 Å². The lowest BCUT2D eigenvalue weighted by molar-refractivity contribution is -0.121. The van der Waals surface area contributed by atoms with Crippen molar-refractivity contribution in [3.8, 4) is 11.4 Å². The van der Waals surface area contributed by atoms with E-state index >= 15 is 0 Å². The molecule has 0 saturated carbocycles. The maximum absolute atomic E-state index is 13.2. The quantitative estimate of drug-likeness (QED) is 0.652. The van der Waals surface area contributed by atoms with Crippen molar-refractivity contribution in [1.82, 2.24) is 14.5 Å². The standard InChI is InChI=1S/C23H23ClN4O3/c1-31-20-15-19(27-10-4-5-11-27)18(24)14-17(20)23(30)28-12-7-16(8-13-28)22(29)26-21-6-2-3-9-25-21/h2-6,9-11,14-16H,7-8,12-13H2,1H3,(H,25,26,29). The summed E-state index contributed by atoms with van der Waals surface area (Å²) in [6, 6.07) is 12.6. The van der Waals surface area contributed by atoms with Crippen LogP contribution in [0, 0.1) is 5.92 Å². The lowest BCUT2D eigenvalue weighted by Crippen LogP contribution is -2.41. The van der Waals surface area contributed by atoms with Gasteiger partial charge in [0, 0.05) is 43.7 Å². The largest absolute Gasteiger partial charge is 0.496 e. The smallest absolute Gasteiger partial charge is 0.257 e. The third-order valence-electron chi connectivity index (χ3n) is 5.45. The predicted molar refractivity (Wildman–Crippen MR) is 119 cm³/mol. The molecule has 1 saturated heterocycles. The number of nitrogens with zero attached hydrogens (tertiary/aromatic N) is 3. The number of methoxy groups -OCH3 is 1. The molecule has 1 fully saturated rings. The molecule has 1 aliphatic heterocycles. The number of halogens is 1. The van der Waals surface area contributed by atoms with Crippen LogP contribution >= 0.6 is 11.6 Å². The van der Waals surface area contributed by atoms with Gasteiger partial charge in [0.1, 0.15) is 11.6 Å². The molecule has 2 aromatic heterocycles. The van der Waals surface area contributed by atoms with E-state index in [1.54, 1.807) is 35.4 Å². The molecule has 0 aliphatic carbocycles. The van der Waals surface area contributed by atoms with E-state index in [-0.39, 0.29) is 17.7 Å². The topological polar surface area (TPSA) is 76.5 Å². The Balaban J connectivity index is 1.44. The van der Waals surface area contributed by atoms with E-state index in [2.05, 4.69) is 10.3 Å². The Morgan fingerprint density at radius 1 is 1.13 bits per heavy atom. The molecular weight excluding hydrogens is 416 g/mol. The Morgan fingerprint density at radius 3 is 2.52 bits per heavy atom. The van der Waals surface area contributed by atoms with Crippen LogP contribution < -0.4 is 10.1 Å². The monoisotopic (exact) mass is 438 g/mol. The van der Waals surface area contributed by atoms with Crippen molar-refractivity contribution in [3.63, 3.8) is 0 Å². The number of nitrogens with one attached hydrogen (secondary N) is 1. The minimum Gasteiger partial charge on any atom is -0.496 e. The van der Waals surface area contributed by atoms with Crippen LogP contribution in [0.2, 0.25) is 5.02 Å². The molecule has 2 amide bonds. The second kappa shape index (κ2) is 9.22. The molecule has 3 aromatic rings. The van der Waals surface area contributed by atoms with Gasteiger partial charge in [-0.3, -0.25) is 9.59 Å². The third-order valence-corrected chi connectivity index (χ3v) is 5.75. The van der Waals surface area contributed by atoms with E-state index in [0.29, 0.717) is 48.1 Å². The highest BCUT2D eigenvalue weighted by Gasteiger charge is 2.29. The molecule has 0 bridgehead atoms. The maximum Gasteiger partial charge on any atom is 0.257 e. The van der Waals surface area contributed by atoms with Crippen molar-refractivity contribution >= 4 is 29.2 Å². The minimum absolute atomic E-state index is 0.0671. The summed E-state index contributed by atoms with van der Waals surface area (Å²) >= 11 is 6.47. The van der Waals surface area contributed by atoms with Crippen molar-refractivity contribution in [2.24, 2.45) is 5.92 Å². The van der Waals surface area contributed by atoms with E-state index in [1.165, 1.54) is 7.11 Å². The van der Waals surface area contributed by atoms with Gasteiger partial charge < -0.3 is 19.5 Å². The average Bonchev–Trinajstić information content (AvgIpc) is 3.34. The average molecular weight is 439 g/mol. The van der Waals surface area contributed by atoms with Crippen LogP contribution in [-0.4, -0.2) is 46.5 Å². The Bertz CT molecular complexity index is 1060. The van der Waals surface area contributed by atoms with Crippen molar-refractivity contribution in [2.45, 2.75) is 12.8 Å². The van der Waals surface area contributed by atoms with Gasteiger partial charge in [-0.2, -0.15) is 0 Å². The molecule has 0 atom stereocenters. The summed E-state index contributed by atoms with van der Waals surface area (Å²) in [5, 5.41) is 3.30. The van der Waals surface area contributed by atoms with Gasteiger partial charge in [0.15, 0.2) is 0 Å². The molecule has 1 aromatic carbocycles. The maximum atomic E-state index is 13.2. The fourth-order valence-corrected chi connectivity index (χ4v) is 4.01.